The molecule has 4 aromatic rings. The topological polar surface area (TPSA) is 91.7 Å². The fourth-order valence-electron chi connectivity index (χ4n) is 4.05. The Morgan fingerprint density at radius 2 is 1.61 bits per heavy atom. The minimum Gasteiger partial charge on any atom is -0.497 e. The van der Waals surface area contributed by atoms with Crippen LogP contribution in [0.3, 0.4) is 0 Å². The van der Waals surface area contributed by atoms with Crippen LogP contribution in [0.5, 0.6) is 23.0 Å². The van der Waals surface area contributed by atoms with E-state index in [9.17, 15) is 9.59 Å². The van der Waals surface area contributed by atoms with Crippen LogP contribution in [-0.4, -0.2) is 32.6 Å². The maximum atomic E-state index is 12.1. The van der Waals surface area contributed by atoms with Crippen LogP contribution in [0.1, 0.15) is 18.3 Å². The number of hydrogen-bond acceptors (Lipinski definition) is 7. The Balaban J connectivity index is 1.24. The van der Waals surface area contributed by atoms with E-state index in [-0.39, 0.29) is 11.1 Å². The van der Waals surface area contributed by atoms with Gasteiger partial charge in [0.15, 0.2) is 0 Å². The lowest BCUT2D eigenvalue weighted by molar-refractivity contribution is -0.121. The zero-order chi connectivity index (χ0) is 25.3. The zero-order valence-corrected chi connectivity index (χ0v) is 20.9. The van der Waals surface area contributed by atoms with Crippen molar-refractivity contribution >= 4 is 33.9 Å². The Bertz CT molecular complexity index is 1430. The van der Waals surface area contributed by atoms with Crippen molar-refractivity contribution in [3.63, 3.8) is 0 Å². The van der Waals surface area contributed by atoms with E-state index in [1.54, 1.807) is 14.0 Å². The molecule has 184 valence electrons. The molecule has 1 aliphatic rings. The monoisotopic (exact) mass is 503 g/mol. The second-order valence-electron chi connectivity index (χ2n) is 8.70. The number of aromatic nitrogens is 2. The molecule has 8 nitrogen and oxygen atoms in total. The number of benzene rings is 3. The summed E-state index contributed by atoms with van der Waals surface area (Å²) in [5.74, 6) is 3.42. The standard InChI is InChI=1S/C27H25N3O5S/c1-27(25(31)29-26(32)36-27)15-17-4-6-19(7-5-17)34-16-24-28-22-13-12-21(14-23(22)30(24)2)35-20-10-8-18(33-3)9-11-20/h4-14H,15-16H2,1-3H3,(H,29,31,32)/t27-/m1/s1. The van der Waals surface area contributed by atoms with Crippen molar-refractivity contribution in [2.24, 2.45) is 7.05 Å². The molecular weight excluding hydrogens is 478 g/mol. The molecule has 1 saturated heterocycles. The lowest BCUT2D eigenvalue weighted by Gasteiger charge is -2.18. The van der Waals surface area contributed by atoms with E-state index in [4.69, 9.17) is 19.2 Å². The summed E-state index contributed by atoms with van der Waals surface area (Å²) < 4.78 is 18.3. The number of carbonyl (C=O) groups excluding carboxylic acids is 2. The quantitative estimate of drug-likeness (QED) is 0.352. The molecular formula is C27H25N3O5S. The lowest BCUT2D eigenvalue weighted by atomic mass is 9.99. The highest BCUT2D eigenvalue weighted by atomic mass is 32.2. The van der Waals surface area contributed by atoms with Gasteiger partial charge in [-0.2, -0.15) is 0 Å². The molecule has 1 fully saturated rings. The van der Waals surface area contributed by atoms with E-state index in [2.05, 4.69) is 5.32 Å². The van der Waals surface area contributed by atoms with E-state index >= 15 is 0 Å². The number of thioether (sulfide) groups is 1. The van der Waals surface area contributed by atoms with E-state index in [0.717, 1.165) is 45.7 Å². The minimum atomic E-state index is -0.789. The maximum Gasteiger partial charge on any atom is 0.286 e. The van der Waals surface area contributed by atoms with Crippen LogP contribution < -0.4 is 19.5 Å². The third kappa shape index (κ3) is 4.87. The molecule has 2 heterocycles. The van der Waals surface area contributed by atoms with Gasteiger partial charge in [0, 0.05) is 13.1 Å². The first kappa shape index (κ1) is 23.7. The van der Waals surface area contributed by atoms with Gasteiger partial charge in [-0.25, -0.2) is 4.98 Å². The summed E-state index contributed by atoms with van der Waals surface area (Å²) in [6.07, 6.45) is 0.460. The Morgan fingerprint density at radius 1 is 0.944 bits per heavy atom. The van der Waals surface area contributed by atoms with Gasteiger partial charge in [-0.15, -0.1) is 0 Å². The molecule has 0 bridgehead atoms. The molecule has 5 rings (SSSR count). The van der Waals surface area contributed by atoms with Gasteiger partial charge >= 0.3 is 0 Å². The molecule has 1 aromatic heterocycles. The summed E-state index contributed by atoms with van der Waals surface area (Å²) in [5, 5.41) is 2.05. The zero-order valence-electron chi connectivity index (χ0n) is 20.1. The molecule has 36 heavy (non-hydrogen) atoms. The first-order valence-corrected chi connectivity index (χ1v) is 12.2. The molecule has 1 N–H and O–H groups in total. The number of imide groups is 1. The van der Waals surface area contributed by atoms with Crippen molar-refractivity contribution in [1.82, 2.24) is 14.9 Å². The molecule has 1 aliphatic heterocycles. The summed E-state index contributed by atoms with van der Waals surface area (Å²) in [5.41, 5.74) is 2.74. The Morgan fingerprint density at radius 3 is 2.28 bits per heavy atom. The minimum absolute atomic E-state index is 0.253. The highest BCUT2D eigenvalue weighted by molar-refractivity contribution is 8.16. The highest BCUT2D eigenvalue weighted by Crippen LogP contribution is 2.35. The average molecular weight is 504 g/mol. The van der Waals surface area contributed by atoms with Crippen molar-refractivity contribution in [1.29, 1.82) is 0 Å². The second kappa shape index (κ2) is 9.58. The van der Waals surface area contributed by atoms with Crippen LogP contribution in [0.15, 0.2) is 66.7 Å². The SMILES string of the molecule is COc1ccc(Oc2ccc3nc(COc4ccc(C[C@@]5(C)SC(=O)NC5=O)cc4)n(C)c3c2)cc1. The van der Waals surface area contributed by atoms with Crippen LogP contribution in [0.2, 0.25) is 0 Å². The number of nitrogens with zero attached hydrogens (tertiary/aromatic N) is 2. The van der Waals surface area contributed by atoms with Crippen molar-refractivity contribution in [2.45, 2.75) is 24.7 Å². The normalized spacial score (nSPS) is 17.3. The van der Waals surface area contributed by atoms with Gasteiger partial charge in [-0.1, -0.05) is 12.1 Å². The molecule has 9 heteroatoms. The molecule has 3 aromatic carbocycles. The van der Waals surface area contributed by atoms with Gasteiger partial charge in [0.1, 0.15) is 40.2 Å². The molecule has 1 atom stereocenters. The van der Waals surface area contributed by atoms with Crippen molar-refractivity contribution < 1.29 is 23.8 Å². The molecule has 0 spiro atoms. The van der Waals surface area contributed by atoms with E-state index < -0.39 is 4.75 Å². The highest BCUT2D eigenvalue weighted by Gasteiger charge is 2.43. The fourth-order valence-corrected chi connectivity index (χ4v) is 4.99. The van der Waals surface area contributed by atoms with Crippen LogP contribution >= 0.6 is 11.8 Å². The number of imidazole rings is 1. The number of hydrogen-bond donors (Lipinski definition) is 1. The largest absolute Gasteiger partial charge is 0.497 e. The Labute approximate surface area is 212 Å². The van der Waals surface area contributed by atoms with E-state index in [0.29, 0.717) is 24.5 Å². The molecule has 0 radical (unpaired) electrons. The first-order valence-electron chi connectivity index (χ1n) is 11.4. The third-order valence-electron chi connectivity index (χ3n) is 6.09. The van der Waals surface area contributed by atoms with Gasteiger partial charge in [0.2, 0.25) is 5.91 Å². The van der Waals surface area contributed by atoms with Crippen molar-refractivity contribution in [3.05, 3.63) is 78.1 Å². The number of nitrogens with one attached hydrogen (secondary N) is 1. The summed E-state index contributed by atoms with van der Waals surface area (Å²) >= 11 is 1.03. The predicted molar refractivity (Wildman–Crippen MR) is 138 cm³/mol. The Kier molecular flexibility index (Phi) is 6.32. The van der Waals surface area contributed by atoms with E-state index in [1.165, 1.54) is 0 Å². The average Bonchev–Trinajstić information content (AvgIpc) is 3.32. The Hall–Kier alpha value is -3.98. The number of carbonyl (C=O) groups is 2. The van der Waals surface area contributed by atoms with Gasteiger partial charge in [0.05, 0.1) is 18.1 Å². The molecule has 0 unspecified atom stereocenters. The number of amides is 2. The summed E-state index contributed by atoms with van der Waals surface area (Å²) in [4.78, 5) is 28.3. The summed E-state index contributed by atoms with van der Waals surface area (Å²) in [6.45, 7) is 2.07. The number of ether oxygens (including phenoxy) is 3. The van der Waals surface area contributed by atoms with Gasteiger partial charge in [-0.05, 0) is 79.2 Å². The van der Waals surface area contributed by atoms with Gasteiger partial charge in [-0.3, -0.25) is 14.9 Å². The van der Waals surface area contributed by atoms with Crippen molar-refractivity contribution in [2.75, 3.05) is 7.11 Å². The fraction of sp³-hybridized carbons (Fsp3) is 0.222. The van der Waals surface area contributed by atoms with Crippen LogP contribution in [0.4, 0.5) is 4.79 Å². The first-order chi connectivity index (χ1) is 17.3. The van der Waals surface area contributed by atoms with Crippen LogP contribution in [0.25, 0.3) is 11.0 Å². The smallest absolute Gasteiger partial charge is 0.286 e. The number of rotatable bonds is 8. The molecule has 2 amide bonds. The number of methoxy groups -OCH3 is 1. The van der Waals surface area contributed by atoms with Crippen molar-refractivity contribution in [3.8, 4) is 23.0 Å². The lowest BCUT2D eigenvalue weighted by Crippen LogP contribution is -2.35. The summed E-state index contributed by atoms with van der Waals surface area (Å²) in [7, 11) is 3.57. The van der Waals surface area contributed by atoms with Gasteiger partial charge < -0.3 is 18.8 Å². The number of aryl methyl sites for hydroxylation is 1. The molecule has 0 saturated carbocycles. The third-order valence-corrected chi connectivity index (χ3v) is 7.15. The maximum absolute atomic E-state index is 12.1. The van der Waals surface area contributed by atoms with Crippen LogP contribution in [-0.2, 0) is 24.9 Å². The number of fused-ring (bicyclic) bond motifs is 1. The van der Waals surface area contributed by atoms with Gasteiger partial charge in [0.25, 0.3) is 5.24 Å². The van der Waals surface area contributed by atoms with Crippen LogP contribution in [0, 0.1) is 0 Å². The summed E-state index contributed by atoms with van der Waals surface area (Å²) in [6, 6.07) is 20.7. The predicted octanol–water partition coefficient (Wildman–Crippen LogP) is 5.24. The van der Waals surface area contributed by atoms with E-state index in [1.807, 2.05) is 78.3 Å². The molecule has 0 aliphatic carbocycles. The second-order valence-corrected chi connectivity index (χ2v) is 10.2.